The summed E-state index contributed by atoms with van der Waals surface area (Å²) in [6, 6.07) is 7.72. The van der Waals surface area contributed by atoms with Gasteiger partial charge in [-0.3, -0.25) is 9.59 Å². The Balaban J connectivity index is 0.00000261. The zero-order valence-electron chi connectivity index (χ0n) is 16.1. The van der Waals surface area contributed by atoms with Crippen LogP contribution in [0.4, 0.5) is 5.69 Å². The third kappa shape index (κ3) is 6.82. The first kappa shape index (κ1) is 21.7. The van der Waals surface area contributed by atoms with E-state index in [-0.39, 0.29) is 30.1 Å². The Morgan fingerprint density at radius 1 is 1.00 bits per heavy atom. The summed E-state index contributed by atoms with van der Waals surface area (Å²) in [6.45, 7) is 3.53. The molecule has 0 heterocycles. The normalized spacial score (nSPS) is 22.3. The molecule has 27 heavy (non-hydrogen) atoms. The van der Waals surface area contributed by atoms with E-state index in [9.17, 15) is 9.59 Å². The molecule has 3 N–H and O–H groups in total. The summed E-state index contributed by atoms with van der Waals surface area (Å²) < 4.78 is 0. The molecule has 0 aliphatic heterocycles. The van der Waals surface area contributed by atoms with Crippen molar-refractivity contribution in [1.29, 1.82) is 0 Å². The van der Waals surface area contributed by atoms with Gasteiger partial charge in [0, 0.05) is 36.3 Å². The molecule has 5 nitrogen and oxygen atoms in total. The van der Waals surface area contributed by atoms with Crippen molar-refractivity contribution in [1.82, 2.24) is 10.6 Å². The Labute approximate surface area is 168 Å². The van der Waals surface area contributed by atoms with Gasteiger partial charge in [-0.1, -0.05) is 32.6 Å². The van der Waals surface area contributed by atoms with Crippen molar-refractivity contribution in [3.8, 4) is 0 Å². The fraction of sp³-hybridized carbons (Fsp3) is 0.619. The maximum Gasteiger partial charge on any atom is 0.251 e. The summed E-state index contributed by atoms with van der Waals surface area (Å²) in [5.41, 5.74) is 1.37. The van der Waals surface area contributed by atoms with E-state index >= 15 is 0 Å². The molecular formula is C21H32ClN3O2. The number of carbonyl (C=O) groups excluding carboxylic acids is 2. The number of hydrogen-bond acceptors (Lipinski definition) is 3. The van der Waals surface area contributed by atoms with E-state index in [1.54, 1.807) is 24.3 Å². The van der Waals surface area contributed by atoms with Crippen LogP contribution in [0.25, 0.3) is 0 Å². The maximum absolute atomic E-state index is 12.2. The summed E-state index contributed by atoms with van der Waals surface area (Å²) >= 11 is 0. The van der Waals surface area contributed by atoms with E-state index in [1.807, 2.05) is 0 Å². The van der Waals surface area contributed by atoms with Crippen LogP contribution in [0.1, 0.15) is 62.2 Å². The van der Waals surface area contributed by atoms with E-state index in [4.69, 9.17) is 0 Å². The van der Waals surface area contributed by atoms with Crippen LogP contribution >= 0.6 is 12.4 Å². The minimum atomic E-state index is -0.0682. The summed E-state index contributed by atoms with van der Waals surface area (Å²) in [6.07, 6.45) is 8.80. The molecule has 2 aliphatic carbocycles. The van der Waals surface area contributed by atoms with Gasteiger partial charge in [0.25, 0.3) is 5.91 Å². The largest absolute Gasteiger partial charge is 0.351 e. The molecule has 0 saturated heterocycles. The number of amides is 2. The van der Waals surface area contributed by atoms with Gasteiger partial charge in [0.15, 0.2) is 0 Å². The van der Waals surface area contributed by atoms with Gasteiger partial charge in [-0.25, -0.2) is 0 Å². The molecule has 2 unspecified atom stereocenters. The van der Waals surface area contributed by atoms with Gasteiger partial charge in [0.05, 0.1) is 0 Å². The lowest BCUT2D eigenvalue weighted by molar-refractivity contribution is -0.117. The van der Waals surface area contributed by atoms with Crippen LogP contribution in [0.15, 0.2) is 24.3 Å². The highest BCUT2D eigenvalue weighted by Crippen LogP contribution is 2.38. The molecule has 2 fully saturated rings. The molecule has 2 atom stereocenters. The number of hydrogen-bond donors (Lipinski definition) is 3. The average molecular weight is 394 g/mol. The Morgan fingerprint density at radius 2 is 1.63 bits per heavy atom. The van der Waals surface area contributed by atoms with E-state index in [0.29, 0.717) is 24.1 Å². The van der Waals surface area contributed by atoms with Crippen LogP contribution in [0, 0.1) is 11.8 Å². The standard InChI is InChI=1S/C21H31N3O2.ClH/c1-15-14-19(15)21(26)24-18-10-8-16(9-11-18)20(25)23-13-12-22-17-6-4-2-3-5-7-17;/h8-11,15,17,19,22H,2-7,12-14H2,1H3,(H,23,25)(H,24,26);1H. The lowest BCUT2D eigenvalue weighted by Crippen LogP contribution is -2.36. The summed E-state index contributed by atoms with van der Waals surface area (Å²) in [5.74, 6) is 0.659. The molecule has 0 radical (unpaired) electrons. The number of benzene rings is 1. The van der Waals surface area contributed by atoms with Crippen LogP contribution in [0.2, 0.25) is 0 Å². The summed E-state index contributed by atoms with van der Waals surface area (Å²) in [5, 5.41) is 9.43. The molecule has 2 amide bonds. The zero-order valence-corrected chi connectivity index (χ0v) is 16.9. The molecule has 0 spiro atoms. The monoisotopic (exact) mass is 393 g/mol. The topological polar surface area (TPSA) is 70.2 Å². The highest BCUT2D eigenvalue weighted by atomic mass is 35.5. The third-order valence-corrected chi connectivity index (χ3v) is 5.56. The molecule has 2 saturated carbocycles. The lowest BCUT2D eigenvalue weighted by atomic mass is 10.1. The SMILES string of the molecule is CC1CC1C(=O)Nc1ccc(C(=O)NCCNC2CCCCCC2)cc1.Cl. The smallest absolute Gasteiger partial charge is 0.251 e. The second-order valence-electron chi connectivity index (χ2n) is 7.78. The number of anilines is 1. The molecule has 0 aromatic heterocycles. The van der Waals surface area contributed by atoms with Gasteiger partial charge in [0.1, 0.15) is 0 Å². The van der Waals surface area contributed by atoms with E-state index in [0.717, 1.165) is 18.7 Å². The van der Waals surface area contributed by atoms with Gasteiger partial charge >= 0.3 is 0 Å². The van der Waals surface area contributed by atoms with Crippen molar-refractivity contribution in [3.05, 3.63) is 29.8 Å². The van der Waals surface area contributed by atoms with Gasteiger partial charge in [-0.15, -0.1) is 12.4 Å². The summed E-state index contributed by atoms with van der Waals surface area (Å²) in [7, 11) is 0. The number of carbonyl (C=O) groups is 2. The van der Waals surface area contributed by atoms with Crippen molar-refractivity contribution >= 4 is 29.9 Å². The van der Waals surface area contributed by atoms with Gasteiger partial charge < -0.3 is 16.0 Å². The molecule has 0 bridgehead atoms. The predicted octanol–water partition coefficient (Wildman–Crippen LogP) is 3.75. The number of halogens is 1. The fourth-order valence-corrected chi connectivity index (χ4v) is 3.67. The first-order valence-corrected chi connectivity index (χ1v) is 10.1. The maximum atomic E-state index is 12.2. The van der Waals surface area contributed by atoms with Crippen LogP contribution in [-0.4, -0.2) is 30.9 Å². The van der Waals surface area contributed by atoms with E-state index < -0.39 is 0 Å². The second kappa shape index (κ2) is 10.7. The van der Waals surface area contributed by atoms with Gasteiger partial charge in [-0.2, -0.15) is 0 Å². The Kier molecular flexibility index (Phi) is 8.58. The molecule has 6 heteroatoms. The minimum Gasteiger partial charge on any atom is -0.351 e. The Morgan fingerprint density at radius 3 is 2.22 bits per heavy atom. The average Bonchev–Trinajstić information content (AvgIpc) is 3.42. The van der Waals surface area contributed by atoms with E-state index in [2.05, 4.69) is 22.9 Å². The molecule has 3 rings (SSSR count). The second-order valence-corrected chi connectivity index (χ2v) is 7.78. The highest BCUT2D eigenvalue weighted by molar-refractivity contribution is 5.96. The first-order valence-electron chi connectivity index (χ1n) is 10.1. The van der Waals surface area contributed by atoms with Crippen LogP contribution in [-0.2, 0) is 4.79 Å². The van der Waals surface area contributed by atoms with Crippen molar-refractivity contribution in [3.63, 3.8) is 0 Å². The van der Waals surface area contributed by atoms with Gasteiger partial charge in [0.2, 0.25) is 5.91 Å². The van der Waals surface area contributed by atoms with Gasteiger partial charge in [-0.05, 0) is 49.4 Å². The molecular weight excluding hydrogens is 362 g/mol. The third-order valence-electron chi connectivity index (χ3n) is 5.56. The van der Waals surface area contributed by atoms with Crippen LogP contribution in [0.3, 0.4) is 0 Å². The fourth-order valence-electron chi connectivity index (χ4n) is 3.67. The zero-order chi connectivity index (χ0) is 18.4. The Bertz CT molecular complexity index is 612. The lowest BCUT2D eigenvalue weighted by Gasteiger charge is -2.16. The predicted molar refractivity (Wildman–Crippen MR) is 111 cm³/mol. The Hall–Kier alpha value is -1.59. The van der Waals surface area contributed by atoms with E-state index in [1.165, 1.54) is 38.5 Å². The first-order chi connectivity index (χ1) is 12.6. The summed E-state index contributed by atoms with van der Waals surface area (Å²) in [4.78, 5) is 24.2. The van der Waals surface area contributed by atoms with Crippen molar-refractivity contribution in [2.45, 2.75) is 57.9 Å². The molecule has 1 aromatic carbocycles. The highest BCUT2D eigenvalue weighted by Gasteiger charge is 2.39. The van der Waals surface area contributed by atoms with Crippen molar-refractivity contribution in [2.75, 3.05) is 18.4 Å². The number of nitrogens with one attached hydrogen (secondary N) is 3. The minimum absolute atomic E-state index is 0. The van der Waals surface area contributed by atoms with Crippen molar-refractivity contribution in [2.24, 2.45) is 11.8 Å². The molecule has 2 aliphatic rings. The van der Waals surface area contributed by atoms with Crippen molar-refractivity contribution < 1.29 is 9.59 Å². The quantitative estimate of drug-likeness (QED) is 0.488. The molecule has 1 aromatic rings. The van der Waals surface area contributed by atoms with Crippen LogP contribution in [0.5, 0.6) is 0 Å². The number of rotatable bonds is 7. The molecule has 150 valence electrons. The van der Waals surface area contributed by atoms with Crippen LogP contribution < -0.4 is 16.0 Å².